The van der Waals surface area contributed by atoms with Gasteiger partial charge in [0.05, 0.1) is 33.1 Å². The Morgan fingerprint density at radius 3 is 2.75 bits per heavy atom. The van der Waals surface area contributed by atoms with Gasteiger partial charge in [0.25, 0.3) is 0 Å². The van der Waals surface area contributed by atoms with E-state index in [1.807, 2.05) is 35.0 Å². The summed E-state index contributed by atoms with van der Waals surface area (Å²) in [4.78, 5) is 7.20. The molecule has 3 aromatic rings. The minimum absolute atomic E-state index is 0.742. The van der Waals surface area contributed by atoms with E-state index in [9.17, 15) is 0 Å². The molecule has 7 heteroatoms. The van der Waals surface area contributed by atoms with Gasteiger partial charge in [-0.3, -0.25) is 4.90 Å². The highest BCUT2D eigenvalue weighted by Crippen LogP contribution is 2.33. The third kappa shape index (κ3) is 4.05. The van der Waals surface area contributed by atoms with Crippen molar-refractivity contribution in [1.82, 2.24) is 14.3 Å². The summed E-state index contributed by atoms with van der Waals surface area (Å²) in [5.41, 5.74) is 3.77. The number of hydrogen-bond acceptors (Lipinski definition) is 6. The summed E-state index contributed by atoms with van der Waals surface area (Å²) < 4.78 is 18.2. The molecule has 0 unspecified atom stereocenters. The van der Waals surface area contributed by atoms with Crippen LogP contribution in [0.1, 0.15) is 0 Å². The summed E-state index contributed by atoms with van der Waals surface area (Å²) in [6.45, 7) is 5.59. The second kappa shape index (κ2) is 8.50. The van der Waals surface area contributed by atoms with Gasteiger partial charge in [-0.15, -0.1) is 0 Å². The molecule has 0 amide bonds. The molecule has 0 spiro atoms. The van der Waals surface area contributed by atoms with E-state index in [0.717, 1.165) is 73.5 Å². The third-order valence-electron chi connectivity index (χ3n) is 5.01. The molecule has 3 heterocycles. The number of pyridine rings is 1. The lowest BCUT2D eigenvalue weighted by molar-refractivity contribution is 0.0398. The van der Waals surface area contributed by atoms with Crippen LogP contribution in [0.4, 0.5) is 5.69 Å². The van der Waals surface area contributed by atoms with Crippen molar-refractivity contribution in [3.8, 4) is 22.8 Å². The first kappa shape index (κ1) is 18.6. The lowest BCUT2D eigenvalue weighted by Crippen LogP contribution is -2.39. The van der Waals surface area contributed by atoms with Crippen molar-refractivity contribution in [2.24, 2.45) is 0 Å². The molecule has 1 fully saturated rings. The highest BCUT2D eigenvalue weighted by molar-refractivity contribution is 5.71. The standard InChI is InChI=1S/C21H26N4O3/c1-26-17-3-4-18(20(14-17)27-2)19-15-25-7-5-16(13-21(25)23-19)22-6-8-24-9-11-28-12-10-24/h3-5,7,13-15,22H,6,8-12H2,1-2H3. The first-order valence-corrected chi connectivity index (χ1v) is 9.52. The maximum Gasteiger partial charge on any atom is 0.139 e. The fraction of sp³-hybridized carbons (Fsp3) is 0.381. The molecule has 28 heavy (non-hydrogen) atoms. The van der Waals surface area contributed by atoms with Crippen LogP contribution in [-0.2, 0) is 4.74 Å². The third-order valence-corrected chi connectivity index (χ3v) is 5.01. The number of rotatable bonds is 7. The predicted molar refractivity (Wildman–Crippen MR) is 109 cm³/mol. The summed E-state index contributed by atoms with van der Waals surface area (Å²) >= 11 is 0. The number of fused-ring (bicyclic) bond motifs is 1. The number of morpholine rings is 1. The van der Waals surface area contributed by atoms with Gasteiger partial charge >= 0.3 is 0 Å². The van der Waals surface area contributed by atoms with Crippen molar-refractivity contribution in [3.05, 3.63) is 42.7 Å². The number of ether oxygens (including phenoxy) is 3. The van der Waals surface area contributed by atoms with Gasteiger partial charge in [-0.05, 0) is 18.2 Å². The van der Waals surface area contributed by atoms with Gasteiger partial charge in [-0.25, -0.2) is 4.98 Å². The Morgan fingerprint density at radius 2 is 1.96 bits per heavy atom. The molecule has 0 aliphatic carbocycles. The average Bonchev–Trinajstić information content (AvgIpc) is 3.17. The maximum atomic E-state index is 5.52. The number of nitrogens with one attached hydrogen (secondary N) is 1. The predicted octanol–water partition coefficient (Wildman–Crippen LogP) is 2.76. The zero-order valence-corrected chi connectivity index (χ0v) is 16.4. The van der Waals surface area contributed by atoms with E-state index in [0.29, 0.717) is 0 Å². The number of aromatic nitrogens is 2. The minimum Gasteiger partial charge on any atom is -0.497 e. The number of methoxy groups -OCH3 is 2. The zero-order chi connectivity index (χ0) is 19.3. The molecule has 0 radical (unpaired) electrons. The van der Waals surface area contributed by atoms with Crippen molar-refractivity contribution in [2.45, 2.75) is 0 Å². The summed E-state index contributed by atoms with van der Waals surface area (Å²) in [6.07, 6.45) is 4.04. The van der Waals surface area contributed by atoms with Crippen LogP contribution in [0.25, 0.3) is 16.9 Å². The highest BCUT2D eigenvalue weighted by Gasteiger charge is 2.12. The second-order valence-corrected chi connectivity index (χ2v) is 6.75. The van der Waals surface area contributed by atoms with E-state index in [1.165, 1.54) is 0 Å². The Balaban J connectivity index is 1.49. The molecular formula is C21H26N4O3. The SMILES string of the molecule is COc1ccc(-c2cn3ccc(NCCN4CCOCC4)cc3n2)c(OC)c1. The van der Waals surface area contributed by atoms with Crippen molar-refractivity contribution in [1.29, 1.82) is 0 Å². The fourth-order valence-corrected chi connectivity index (χ4v) is 3.41. The summed E-state index contributed by atoms with van der Waals surface area (Å²) in [5.74, 6) is 1.50. The van der Waals surface area contributed by atoms with Crippen LogP contribution in [0, 0.1) is 0 Å². The number of hydrogen-bond donors (Lipinski definition) is 1. The van der Waals surface area contributed by atoms with E-state index in [4.69, 9.17) is 19.2 Å². The fourth-order valence-electron chi connectivity index (χ4n) is 3.41. The number of benzene rings is 1. The first-order valence-electron chi connectivity index (χ1n) is 9.52. The van der Waals surface area contributed by atoms with Crippen LogP contribution >= 0.6 is 0 Å². The van der Waals surface area contributed by atoms with Crippen molar-refractivity contribution in [2.75, 3.05) is 58.9 Å². The zero-order valence-electron chi connectivity index (χ0n) is 16.4. The molecule has 0 atom stereocenters. The van der Waals surface area contributed by atoms with Crippen LogP contribution in [0.5, 0.6) is 11.5 Å². The smallest absolute Gasteiger partial charge is 0.139 e. The van der Waals surface area contributed by atoms with E-state index in [1.54, 1.807) is 14.2 Å². The molecule has 1 N–H and O–H groups in total. The minimum atomic E-state index is 0.742. The van der Waals surface area contributed by atoms with Crippen LogP contribution in [0.15, 0.2) is 42.7 Å². The molecule has 1 aliphatic heterocycles. The number of anilines is 1. The summed E-state index contributed by atoms with van der Waals surface area (Å²) in [5, 5.41) is 3.49. The van der Waals surface area contributed by atoms with Gasteiger partial charge in [-0.2, -0.15) is 0 Å². The molecule has 0 saturated carbocycles. The topological polar surface area (TPSA) is 60.3 Å². The Labute approximate surface area is 164 Å². The van der Waals surface area contributed by atoms with E-state index >= 15 is 0 Å². The van der Waals surface area contributed by atoms with Gasteiger partial charge in [-0.1, -0.05) is 0 Å². The van der Waals surface area contributed by atoms with Gasteiger partial charge < -0.3 is 23.9 Å². The summed E-state index contributed by atoms with van der Waals surface area (Å²) in [7, 11) is 3.30. The van der Waals surface area contributed by atoms with E-state index in [-0.39, 0.29) is 0 Å². The molecule has 4 rings (SSSR count). The van der Waals surface area contributed by atoms with E-state index < -0.39 is 0 Å². The Bertz CT molecular complexity index is 935. The largest absolute Gasteiger partial charge is 0.497 e. The van der Waals surface area contributed by atoms with Crippen molar-refractivity contribution in [3.63, 3.8) is 0 Å². The van der Waals surface area contributed by atoms with E-state index in [2.05, 4.69) is 22.3 Å². The normalized spacial score (nSPS) is 14.9. The van der Waals surface area contributed by atoms with Gasteiger partial charge in [0.2, 0.25) is 0 Å². The monoisotopic (exact) mass is 382 g/mol. The molecule has 1 saturated heterocycles. The lowest BCUT2D eigenvalue weighted by Gasteiger charge is -2.26. The van der Waals surface area contributed by atoms with Crippen LogP contribution in [0.2, 0.25) is 0 Å². The lowest BCUT2D eigenvalue weighted by atomic mass is 10.1. The van der Waals surface area contributed by atoms with Crippen LogP contribution in [-0.4, -0.2) is 67.9 Å². The van der Waals surface area contributed by atoms with Crippen LogP contribution in [0.3, 0.4) is 0 Å². The molecule has 1 aromatic carbocycles. The Morgan fingerprint density at radius 1 is 1.11 bits per heavy atom. The Hall–Kier alpha value is -2.77. The van der Waals surface area contributed by atoms with Crippen molar-refractivity contribution < 1.29 is 14.2 Å². The molecular weight excluding hydrogens is 356 g/mol. The number of imidazole rings is 1. The van der Waals surface area contributed by atoms with Gasteiger partial charge in [0.15, 0.2) is 0 Å². The van der Waals surface area contributed by atoms with Crippen LogP contribution < -0.4 is 14.8 Å². The molecule has 148 valence electrons. The van der Waals surface area contributed by atoms with Crippen molar-refractivity contribution >= 4 is 11.3 Å². The quantitative estimate of drug-likeness (QED) is 0.678. The Kier molecular flexibility index (Phi) is 5.64. The highest BCUT2D eigenvalue weighted by atomic mass is 16.5. The first-order chi connectivity index (χ1) is 13.8. The molecule has 1 aliphatic rings. The molecule has 0 bridgehead atoms. The van der Waals surface area contributed by atoms with Gasteiger partial charge in [0, 0.05) is 62.0 Å². The number of nitrogens with zero attached hydrogens (tertiary/aromatic N) is 3. The molecule has 2 aromatic heterocycles. The molecule has 7 nitrogen and oxygen atoms in total. The maximum absolute atomic E-state index is 5.52. The average molecular weight is 382 g/mol. The van der Waals surface area contributed by atoms with Gasteiger partial charge in [0.1, 0.15) is 17.1 Å². The second-order valence-electron chi connectivity index (χ2n) is 6.75. The summed E-state index contributed by atoms with van der Waals surface area (Å²) in [6, 6.07) is 9.90.